The third kappa shape index (κ3) is 6.75. The largest absolute Gasteiger partial charge is 0.496 e. The number of nitrogens with zero attached hydrogens (tertiary/aromatic N) is 2. The van der Waals surface area contributed by atoms with E-state index in [0.717, 1.165) is 27.7 Å². The molecule has 2 N–H and O–H groups in total. The number of ether oxygens (including phenoxy) is 3. The van der Waals surface area contributed by atoms with Crippen LogP contribution in [0.15, 0.2) is 54.9 Å². The Bertz CT molecular complexity index is 1400. The number of hydrogen-bond donors (Lipinski definition) is 2. The number of benzene rings is 2. The second-order valence-electron chi connectivity index (χ2n) is 9.80. The molecule has 0 aliphatic heterocycles. The number of alkyl carbamates (subject to hydrolysis) is 1. The van der Waals surface area contributed by atoms with Gasteiger partial charge in [0.2, 0.25) is 0 Å². The smallest absolute Gasteiger partial charge is 0.408 e. The van der Waals surface area contributed by atoms with Crippen molar-refractivity contribution < 1.29 is 23.4 Å². The Morgan fingerprint density at radius 1 is 1.11 bits per heavy atom. The Balaban J connectivity index is 1.53. The summed E-state index contributed by atoms with van der Waals surface area (Å²) < 4.78 is 30.8. The highest BCUT2D eigenvalue weighted by atomic mass is 19.1. The lowest BCUT2D eigenvalue weighted by Crippen LogP contribution is -2.43. The maximum atomic E-state index is 14.0. The topological polar surface area (TPSA) is 98.4 Å². The van der Waals surface area contributed by atoms with Gasteiger partial charge in [-0.05, 0) is 81.6 Å². The van der Waals surface area contributed by atoms with Crippen LogP contribution in [0, 0.1) is 12.7 Å². The van der Waals surface area contributed by atoms with E-state index in [1.54, 1.807) is 39.2 Å². The average molecular weight is 507 g/mol. The Hall–Kier alpha value is -4.14. The van der Waals surface area contributed by atoms with Gasteiger partial charge in [-0.25, -0.2) is 9.18 Å². The molecule has 37 heavy (non-hydrogen) atoms. The number of carbonyl (C=O) groups is 1. The van der Waals surface area contributed by atoms with Crippen molar-refractivity contribution in [1.82, 2.24) is 20.5 Å². The molecule has 8 nitrogen and oxygen atoms in total. The van der Waals surface area contributed by atoms with E-state index in [1.165, 1.54) is 19.2 Å². The van der Waals surface area contributed by atoms with Crippen molar-refractivity contribution >= 4 is 17.0 Å². The lowest BCUT2D eigenvalue weighted by molar-refractivity contribution is 0.0487. The van der Waals surface area contributed by atoms with Crippen LogP contribution in [0.4, 0.5) is 9.18 Å². The van der Waals surface area contributed by atoms with E-state index >= 15 is 0 Å². The van der Waals surface area contributed by atoms with Crippen LogP contribution in [-0.4, -0.2) is 46.6 Å². The van der Waals surface area contributed by atoms with Crippen LogP contribution in [0.5, 0.6) is 11.5 Å². The standard InChI is InChI=1S/C28H31FN4O4/c1-17-24-13-18(6-8-25(24)33-32-17)20-12-23(15-30-14-20)36-16-22(31-27(34)37-28(2,3)4)11-19-10-21(29)7-9-26(19)35-5/h6-10,12-15,22H,11,16H2,1-5H3,(H,31,34)(H,32,33)/t22-/m0/s1. The van der Waals surface area contributed by atoms with Crippen LogP contribution >= 0.6 is 0 Å². The number of aromatic nitrogens is 3. The number of nitrogens with one attached hydrogen (secondary N) is 2. The van der Waals surface area contributed by atoms with E-state index in [0.29, 0.717) is 17.1 Å². The summed E-state index contributed by atoms with van der Waals surface area (Å²) in [6.45, 7) is 7.43. The van der Waals surface area contributed by atoms with E-state index in [-0.39, 0.29) is 13.0 Å². The van der Waals surface area contributed by atoms with Gasteiger partial charge in [0.1, 0.15) is 29.5 Å². The number of amides is 1. The molecule has 2 aromatic heterocycles. The molecule has 0 unspecified atom stereocenters. The van der Waals surface area contributed by atoms with Gasteiger partial charge in [0.25, 0.3) is 0 Å². The zero-order valence-corrected chi connectivity index (χ0v) is 21.6. The maximum Gasteiger partial charge on any atom is 0.408 e. The molecule has 194 valence electrons. The van der Waals surface area contributed by atoms with Gasteiger partial charge in [0.05, 0.1) is 24.9 Å². The van der Waals surface area contributed by atoms with Crippen molar-refractivity contribution in [3.05, 3.63) is 71.9 Å². The molecule has 2 heterocycles. The van der Waals surface area contributed by atoms with Crippen LogP contribution in [0.1, 0.15) is 32.0 Å². The number of carbonyl (C=O) groups excluding carboxylic acids is 1. The van der Waals surface area contributed by atoms with Gasteiger partial charge >= 0.3 is 6.09 Å². The second-order valence-corrected chi connectivity index (χ2v) is 9.80. The van der Waals surface area contributed by atoms with Gasteiger partial charge in [0.15, 0.2) is 0 Å². The Morgan fingerprint density at radius 3 is 2.68 bits per heavy atom. The highest BCUT2D eigenvalue weighted by Gasteiger charge is 2.22. The van der Waals surface area contributed by atoms with Gasteiger partial charge in [-0.1, -0.05) is 6.07 Å². The molecule has 1 amide bonds. The van der Waals surface area contributed by atoms with Gasteiger partial charge < -0.3 is 19.5 Å². The quantitative estimate of drug-likeness (QED) is 0.323. The van der Waals surface area contributed by atoms with Gasteiger partial charge in [-0.2, -0.15) is 5.10 Å². The number of pyridine rings is 1. The molecular formula is C28H31FN4O4. The van der Waals surface area contributed by atoms with Crippen LogP contribution < -0.4 is 14.8 Å². The number of aryl methyl sites for hydroxylation is 1. The summed E-state index contributed by atoms with van der Waals surface area (Å²) in [5, 5.41) is 11.1. The van der Waals surface area contributed by atoms with Gasteiger partial charge in [-0.3, -0.25) is 10.1 Å². The summed E-state index contributed by atoms with van der Waals surface area (Å²) in [5.41, 5.74) is 3.67. The van der Waals surface area contributed by atoms with E-state index in [2.05, 4.69) is 26.6 Å². The Labute approximate surface area is 215 Å². The van der Waals surface area contributed by atoms with Crippen LogP contribution in [-0.2, 0) is 11.2 Å². The van der Waals surface area contributed by atoms with Crippen molar-refractivity contribution in [3.8, 4) is 22.6 Å². The zero-order chi connectivity index (χ0) is 26.6. The molecule has 0 saturated heterocycles. The van der Waals surface area contributed by atoms with Crippen molar-refractivity contribution in [3.63, 3.8) is 0 Å². The fourth-order valence-corrected chi connectivity index (χ4v) is 3.97. The number of H-pyrrole nitrogens is 1. The summed E-state index contributed by atoms with van der Waals surface area (Å²) in [4.78, 5) is 16.9. The third-order valence-electron chi connectivity index (χ3n) is 5.67. The first-order chi connectivity index (χ1) is 17.6. The lowest BCUT2D eigenvalue weighted by atomic mass is 10.0. The van der Waals surface area contributed by atoms with Gasteiger partial charge in [-0.15, -0.1) is 0 Å². The summed E-state index contributed by atoms with van der Waals surface area (Å²) in [6.07, 6.45) is 3.05. The SMILES string of the molecule is COc1ccc(F)cc1C[C@@H](COc1cncc(-c2ccc3n[nH]c(C)c3c2)c1)NC(=O)OC(C)(C)C. The first-order valence-electron chi connectivity index (χ1n) is 12.0. The first kappa shape index (κ1) is 25.9. The van der Waals surface area contributed by atoms with E-state index in [4.69, 9.17) is 14.2 Å². The van der Waals surface area contributed by atoms with Crippen LogP contribution in [0.2, 0.25) is 0 Å². The molecule has 4 rings (SSSR count). The molecule has 1 atom stereocenters. The van der Waals surface area contributed by atoms with Crippen LogP contribution in [0.3, 0.4) is 0 Å². The van der Waals surface area contributed by atoms with Crippen molar-refractivity contribution in [2.24, 2.45) is 0 Å². The minimum atomic E-state index is -0.668. The molecule has 0 fully saturated rings. The molecule has 0 saturated carbocycles. The number of aromatic amines is 1. The van der Waals surface area contributed by atoms with Crippen LogP contribution in [0.25, 0.3) is 22.0 Å². The number of halogens is 1. The predicted molar refractivity (Wildman–Crippen MR) is 139 cm³/mol. The summed E-state index contributed by atoms with van der Waals surface area (Å²) in [6, 6.07) is 11.6. The highest BCUT2D eigenvalue weighted by Crippen LogP contribution is 2.27. The molecule has 2 aromatic carbocycles. The molecule has 0 aliphatic rings. The fraction of sp³-hybridized carbons (Fsp3) is 0.321. The third-order valence-corrected chi connectivity index (χ3v) is 5.67. The minimum absolute atomic E-state index is 0.101. The van der Waals surface area contributed by atoms with E-state index in [9.17, 15) is 9.18 Å². The predicted octanol–water partition coefficient (Wildman–Crippen LogP) is 5.60. The fourth-order valence-electron chi connectivity index (χ4n) is 3.97. The lowest BCUT2D eigenvalue weighted by Gasteiger charge is -2.24. The Morgan fingerprint density at radius 2 is 1.92 bits per heavy atom. The number of methoxy groups -OCH3 is 1. The normalized spacial score (nSPS) is 12.3. The Kier molecular flexibility index (Phi) is 7.61. The molecule has 0 bridgehead atoms. The number of hydrogen-bond acceptors (Lipinski definition) is 6. The number of fused-ring (bicyclic) bond motifs is 1. The molecular weight excluding hydrogens is 475 g/mol. The molecule has 9 heteroatoms. The number of rotatable bonds is 8. The monoisotopic (exact) mass is 506 g/mol. The van der Waals surface area contributed by atoms with Crippen molar-refractivity contribution in [2.45, 2.75) is 45.8 Å². The van der Waals surface area contributed by atoms with E-state index in [1.807, 2.05) is 25.1 Å². The zero-order valence-electron chi connectivity index (χ0n) is 21.6. The summed E-state index contributed by atoms with van der Waals surface area (Å²) >= 11 is 0. The molecule has 0 spiro atoms. The minimum Gasteiger partial charge on any atom is -0.496 e. The molecule has 0 aliphatic carbocycles. The first-order valence-corrected chi connectivity index (χ1v) is 12.0. The van der Waals surface area contributed by atoms with Crippen molar-refractivity contribution in [1.29, 1.82) is 0 Å². The summed E-state index contributed by atoms with van der Waals surface area (Å²) in [7, 11) is 1.52. The van der Waals surface area contributed by atoms with Crippen molar-refractivity contribution in [2.75, 3.05) is 13.7 Å². The second kappa shape index (κ2) is 10.9. The molecule has 0 radical (unpaired) electrons. The molecule has 4 aromatic rings. The maximum absolute atomic E-state index is 14.0. The highest BCUT2D eigenvalue weighted by molar-refractivity contribution is 5.86. The van der Waals surface area contributed by atoms with E-state index < -0.39 is 23.6 Å². The summed E-state index contributed by atoms with van der Waals surface area (Å²) in [5.74, 6) is 0.657. The average Bonchev–Trinajstić information content (AvgIpc) is 3.22. The van der Waals surface area contributed by atoms with Gasteiger partial charge in [0, 0.05) is 22.8 Å².